The molecule has 2 aromatic carbocycles. The second-order valence-corrected chi connectivity index (χ2v) is 6.65. The largest absolute Gasteiger partial charge is 0.497 e. The number of pyridine rings is 1. The van der Waals surface area contributed by atoms with E-state index in [1.807, 2.05) is 31.2 Å². The minimum Gasteiger partial charge on any atom is -0.497 e. The Hall–Kier alpha value is -3.87. The summed E-state index contributed by atoms with van der Waals surface area (Å²) in [6, 6.07) is 16.3. The molecule has 3 rings (SSSR count). The molecule has 0 saturated carbocycles. The number of rotatable bonds is 7. The van der Waals surface area contributed by atoms with E-state index in [9.17, 15) is 9.59 Å². The molecule has 1 N–H and O–H groups in total. The second-order valence-electron chi connectivity index (χ2n) is 6.65. The maximum atomic E-state index is 12.7. The number of methoxy groups -OCH3 is 2. The first-order chi connectivity index (χ1) is 14.5. The van der Waals surface area contributed by atoms with Gasteiger partial charge >= 0.3 is 0 Å². The number of hydrogen-bond acceptors (Lipinski definition) is 5. The van der Waals surface area contributed by atoms with Crippen LogP contribution in [0.15, 0.2) is 70.7 Å². The van der Waals surface area contributed by atoms with Crippen molar-refractivity contribution in [1.82, 2.24) is 9.99 Å². The Kier molecular flexibility index (Phi) is 6.64. The zero-order valence-corrected chi connectivity index (χ0v) is 17.1. The minimum absolute atomic E-state index is 0.0171. The summed E-state index contributed by atoms with van der Waals surface area (Å²) in [5, 5.41) is 3.95. The smallest absolute Gasteiger partial charge is 0.276 e. The van der Waals surface area contributed by atoms with Gasteiger partial charge in [0.1, 0.15) is 17.1 Å². The minimum atomic E-state index is -0.581. The molecule has 0 atom stereocenters. The summed E-state index contributed by atoms with van der Waals surface area (Å²) >= 11 is 0. The summed E-state index contributed by atoms with van der Waals surface area (Å²) in [7, 11) is 3.10. The highest BCUT2D eigenvalue weighted by molar-refractivity contribution is 5.94. The maximum Gasteiger partial charge on any atom is 0.276 e. The van der Waals surface area contributed by atoms with E-state index in [2.05, 4.69) is 10.5 Å². The molecule has 1 heterocycles. The van der Waals surface area contributed by atoms with Crippen LogP contribution in [0.25, 0.3) is 0 Å². The number of amides is 1. The molecule has 154 valence electrons. The fraction of sp³-hybridized carbons (Fsp3) is 0.174. The van der Waals surface area contributed by atoms with E-state index < -0.39 is 5.91 Å². The molecule has 1 aromatic heterocycles. The molecular formula is C23H23N3O4. The van der Waals surface area contributed by atoms with Crippen molar-refractivity contribution in [2.24, 2.45) is 5.10 Å². The lowest BCUT2D eigenvalue weighted by molar-refractivity contribution is 0.0953. The Morgan fingerprint density at radius 2 is 1.87 bits per heavy atom. The van der Waals surface area contributed by atoms with Crippen LogP contribution in [0.3, 0.4) is 0 Å². The first-order valence-corrected chi connectivity index (χ1v) is 9.32. The van der Waals surface area contributed by atoms with Crippen LogP contribution in [-0.2, 0) is 6.54 Å². The van der Waals surface area contributed by atoms with Crippen molar-refractivity contribution < 1.29 is 14.3 Å². The lowest BCUT2D eigenvalue weighted by Crippen LogP contribution is -2.30. The highest BCUT2D eigenvalue weighted by Crippen LogP contribution is 2.22. The number of aromatic nitrogens is 1. The number of aryl methyl sites for hydroxylation is 1. The van der Waals surface area contributed by atoms with Crippen molar-refractivity contribution in [3.05, 3.63) is 93.4 Å². The number of nitrogens with one attached hydrogen (secondary N) is 1. The van der Waals surface area contributed by atoms with Gasteiger partial charge in [0.2, 0.25) is 0 Å². The van der Waals surface area contributed by atoms with E-state index in [1.165, 1.54) is 24.0 Å². The molecule has 0 bridgehead atoms. The molecule has 0 radical (unpaired) electrons. The van der Waals surface area contributed by atoms with Crippen LogP contribution in [-0.4, -0.2) is 30.9 Å². The molecule has 0 spiro atoms. The van der Waals surface area contributed by atoms with Gasteiger partial charge in [-0.15, -0.1) is 0 Å². The van der Waals surface area contributed by atoms with Gasteiger partial charge in [0.25, 0.3) is 11.5 Å². The van der Waals surface area contributed by atoms with Gasteiger partial charge in [-0.1, -0.05) is 29.8 Å². The summed E-state index contributed by atoms with van der Waals surface area (Å²) in [6.45, 7) is 2.38. The first kappa shape index (κ1) is 20.9. The Morgan fingerprint density at radius 3 is 2.57 bits per heavy atom. The summed E-state index contributed by atoms with van der Waals surface area (Å²) in [4.78, 5) is 25.2. The van der Waals surface area contributed by atoms with Crippen LogP contribution in [0.4, 0.5) is 0 Å². The van der Waals surface area contributed by atoms with Crippen molar-refractivity contribution in [1.29, 1.82) is 0 Å². The summed E-state index contributed by atoms with van der Waals surface area (Å²) < 4.78 is 11.9. The van der Waals surface area contributed by atoms with Gasteiger partial charge in [0.05, 0.1) is 27.0 Å². The van der Waals surface area contributed by atoms with Crippen molar-refractivity contribution in [2.75, 3.05) is 14.2 Å². The second kappa shape index (κ2) is 9.56. The number of benzene rings is 2. The molecule has 7 heteroatoms. The van der Waals surface area contributed by atoms with Crippen molar-refractivity contribution in [3.8, 4) is 11.5 Å². The number of hydrazone groups is 1. The van der Waals surface area contributed by atoms with Crippen LogP contribution in [0, 0.1) is 6.92 Å². The van der Waals surface area contributed by atoms with Gasteiger partial charge in [0.15, 0.2) is 0 Å². The molecule has 0 fully saturated rings. The van der Waals surface area contributed by atoms with E-state index in [-0.39, 0.29) is 11.1 Å². The normalized spacial score (nSPS) is 10.8. The standard InChI is InChI=1S/C23H23N3O4/c1-16-6-8-17(9-7-16)15-26-12-4-5-20(23(26)28)22(27)25-24-14-18-10-11-19(29-2)13-21(18)30-3/h4-14H,15H2,1-3H3,(H,25,27)/b24-14-. The fourth-order valence-electron chi connectivity index (χ4n) is 2.87. The van der Waals surface area contributed by atoms with E-state index in [1.54, 1.807) is 37.6 Å². The van der Waals surface area contributed by atoms with Crippen LogP contribution >= 0.6 is 0 Å². The van der Waals surface area contributed by atoms with Gasteiger partial charge in [0, 0.05) is 17.8 Å². The van der Waals surface area contributed by atoms with E-state index >= 15 is 0 Å². The predicted octanol–water partition coefficient (Wildman–Crippen LogP) is 2.99. The molecule has 0 aliphatic rings. The van der Waals surface area contributed by atoms with E-state index in [0.717, 1.165) is 11.1 Å². The zero-order chi connectivity index (χ0) is 21.5. The molecule has 3 aromatic rings. The number of nitrogens with zero attached hydrogens (tertiary/aromatic N) is 2. The monoisotopic (exact) mass is 405 g/mol. The van der Waals surface area contributed by atoms with Gasteiger partial charge < -0.3 is 14.0 Å². The quantitative estimate of drug-likeness (QED) is 0.484. The SMILES string of the molecule is COc1ccc(/C=N\NC(=O)c2cccn(Cc3ccc(C)cc3)c2=O)c(OC)c1. The molecule has 0 aliphatic carbocycles. The molecule has 7 nitrogen and oxygen atoms in total. The number of hydrogen-bond donors (Lipinski definition) is 1. The van der Waals surface area contributed by atoms with Gasteiger partial charge in [-0.25, -0.2) is 5.43 Å². The van der Waals surface area contributed by atoms with Gasteiger partial charge in [-0.2, -0.15) is 5.10 Å². The van der Waals surface area contributed by atoms with Crippen LogP contribution in [0.1, 0.15) is 27.0 Å². The number of carbonyl (C=O) groups is 1. The lowest BCUT2D eigenvalue weighted by Gasteiger charge is -2.08. The van der Waals surface area contributed by atoms with Crippen LogP contribution in [0.5, 0.6) is 11.5 Å². The molecule has 0 aliphatic heterocycles. The predicted molar refractivity (Wildman–Crippen MR) is 116 cm³/mol. The zero-order valence-electron chi connectivity index (χ0n) is 17.1. The summed E-state index contributed by atoms with van der Waals surface area (Å²) in [6.07, 6.45) is 3.11. The fourth-order valence-corrected chi connectivity index (χ4v) is 2.87. The maximum absolute atomic E-state index is 12.7. The van der Waals surface area contributed by atoms with Crippen molar-refractivity contribution in [3.63, 3.8) is 0 Å². The van der Waals surface area contributed by atoms with Gasteiger partial charge in [-0.3, -0.25) is 9.59 Å². The van der Waals surface area contributed by atoms with Crippen LogP contribution < -0.4 is 20.5 Å². The summed E-state index contributed by atoms with van der Waals surface area (Å²) in [5.74, 6) is 0.612. The average Bonchev–Trinajstić information content (AvgIpc) is 2.76. The van der Waals surface area contributed by atoms with Crippen molar-refractivity contribution >= 4 is 12.1 Å². The molecular weight excluding hydrogens is 382 g/mol. The summed E-state index contributed by atoms with van der Waals surface area (Å²) in [5.41, 5.74) is 4.81. The van der Waals surface area contributed by atoms with Crippen LogP contribution in [0.2, 0.25) is 0 Å². The topological polar surface area (TPSA) is 81.9 Å². The number of carbonyl (C=O) groups excluding carboxylic acids is 1. The highest BCUT2D eigenvalue weighted by atomic mass is 16.5. The molecule has 1 amide bonds. The molecule has 30 heavy (non-hydrogen) atoms. The third-order valence-electron chi connectivity index (χ3n) is 4.55. The molecule has 0 saturated heterocycles. The average molecular weight is 405 g/mol. The Morgan fingerprint density at radius 1 is 1.10 bits per heavy atom. The lowest BCUT2D eigenvalue weighted by atomic mass is 10.1. The highest BCUT2D eigenvalue weighted by Gasteiger charge is 2.12. The number of ether oxygens (including phenoxy) is 2. The third kappa shape index (κ3) is 4.94. The Bertz CT molecular complexity index is 1120. The van der Waals surface area contributed by atoms with E-state index in [0.29, 0.717) is 23.6 Å². The third-order valence-corrected chi connectivity index (χ3v) is 4.55. The van der Waals surface area contributed by atoms with E-state index in [4.69, 9.17) is 9.47 Å². The first-order valence-electron chi connectivity index (χ1n) is 9.32. The Balaban J connectivity index is 1.74. The Labute approximate surface area is 174 Å². The van der Waals surface area contributed by atoms with Gasteiger partial charge in [-0.05, 0) is 36.8 Å². The molecule has 0 unspecified atom stereocenters. The van der Waals surface area contributed by atoms with Crippen molar-refractivity contribution in [2.45, 2.75) is 13.5 Å².